The van der Waals surface area contributed by atoms with Gasteiger partial charge < -0.3 is 5.32 Å². The summed E-state index contributed by atoms with van der Waals surface area (Å²) in [5, 5.41) is 15.5. The van der Waals surface area contributed by atoms with Crippen molar-refractivity contribution < 1.29 is 0 Å². The van der Waals surface area contributed by atoms with Crippen LogP contribution in [0.1, 0.15) is 44.5 Å². The Hall–Kier alpha value is -0.970. The second-order valence-electron chi connectivity index (χ2n) is 4.99. The number of tetrazole rings is 1. The van der Waals surface area contributed by atoms with E-state index in [2.05, 4.69) is 32.4 Å². The van der Waals surface area contributed by atoms with E-state index >= 15 is 0 Å². The Morgan fingerprint density at radius 3 is 2.56 bits per heavy atom. The van der Waals surface area contributed by atoms with Crippen LogP contribution in [0.5, 0.6) is 0 Å². The van der Waals surface area contributed by atoms with E-state index in [-0.39, 0.29) is 0 Å². The zero-order valence-electron chi connectivity index (χ0n) is 9.76. The van der Waals surface area contributed by atoms with E-state index in [9.17, 15) is 0 Å². The van der Waals surface area contributed by atoms with E-state index in [4.69, 9.17) is 0 Å². The molecule has 0 aliphatic heterocycles. The summed E-state index contributed by atoms with van der Waals surface area (Å²) in [6.07, 6.45) is 5.45. The van der Waals surface area contributed by atoms with Gasteiger partial charge in [-0.05, 0) is 54.5 Å². The van der Waals surface area contributed by atoms with Crippen LogP contribution in [0.2, 0.25) is 0 Å². The number of nitrogens with one attached hydrogen (secondary N) is 1. The highest BCUT2D eigenvalue weighted by atomic mass is 15.6. The first-order valence-electron chi connectivity index (χ1n) is 6.37. The molecule has 5 nitrogen and oxygen atoms in total. The third kappa shape index (κ3) is 1.96. The molecule has 5 heteroatoms. The number of rotatable bonds is 6. The molecule has 88 valence electrons. The normalized spacial score (nSPS) is 20.6. The Morgan fingerprint density at radius 1 is 1.31 bits per heavy atom. The molecular formula is C11H19N5. The fourth-order valence-corrected chi connectivity index (χ4v) is 2.46. The molecule has 0 atom stereocenters. The lowest BCUT2D eigenvalue weighted by atomic mass is 10.1. The van der Waals surface area contributed by atoms with Crippen molar-refractivity contribution in [2.24, 2.45) is 11.8 Å². The highest BCUT2D eigenvalue weighted by Gasteiger charge is 2.44. The quantitative estimate of drug-likeness (QED) is 0.782. The van der Waals surface area contributed by atoms with Crippen molar-refractivity contribution in [3.05, 3.63) is 5.82 Å². The molecule has 1 N–H and O–H groups in total. The van der Waals surface area contributed by atoms with Crippen molar-refractivity contribution in [2.45, 2.75) is 45.2 Å². The maximum absolute atomic E-state index is 4.21. The molecule has 3 rings (SSSR count). The van der Waals surface area contributed by atoms with Crippen LogP contribution in [0.3, 0.4) is 0 Å². The van der Waals surface area contributed by atoms with Crippen molar-refractivity contribution in [3.63, 3.8) is 0 Å². The van der Waals surface area contributed by atoms with Gasteiger partial charge in [-0.1, -0.05) is 6.92 Å². The van der Waals surface area contributed by atoms with Crippen LogP contribution in [-0.2, 0) is 6.54 Å². The third-order valence-electron chi connectivity index (χ3n) is 3.59. The van der Waals surface area contributed by atoms with Gasteiger partial charge in [-0.2, -0.15) is 0 Å². The Morgan fingerprint density at radius 2 is 2.00 bits per heavy atom. The van der Waals surface area contributed by atoms with Crippen LogP contribution in [0.25, 0.3) is 0 Å². The average molecular weight is 221 g/mol. The molecule has 1 aromatic heterocycles. The lowest BCUT2D eigenvalue weighted by Gasteiger charge is -2.17. The second-order valence-corrected chi connectivity index (χ2v) is 4.99. The summed E-state index contributed by atoms with van der Waals surface area (Å²) >= 11 is 0. The lowest BCUT2D eigenvalue weighted by Crippen LogP contribution is -2.22. The molecule has 0 amide bonds. The molecule has 0 saturated heterocycles. The van der Waals surface area contributed by atoms with E-state index < -0.39 is 0 Å². The molecular weight excluding hydrogens is 202 g/mol. The molecule has 1 aromatic rings. The van der Waals surface area contributed by atoms with E-state index in [1.807, 2.05) is 0 Å². The van der Waals surface area contributed by atoms with Crippen molar-refractivity contribution in [2.75, 3.05) is 6.54 Å². The van der Waals surface area contributed by atoms with Gasteiger partial charge in [0.1, 0.15) is 0 Å². The summed E-state index contributed by atoms with van der Waals surface area (Å²) < 4.78 is 2.10. The Labute approximate surface area is 95.6 Å². The minimum absolute atomic E-state index is 0.587. The standard InChI is InChI=1S/C11H19N5/c1-2-12-7-10-13-14-15-16(10)11(8-3-4-8)9-5-6-9/h8-9,11-12H,2-7H2,1H3. The van der Waals surface area contributed by atoms with Crippen molar-refractivity contribution in [1.29, 1.82) is 0 Å². The maximum Gasteiger partial charge on any atom is 0.165 e. The Kier molecular flexibility index (Phi) is 2.63. The molecule has 0 spiro atoms. The third-order valence-corrected chi connectivity index (χ3v) is 3.59. The second kappa shape index (κ2) is 4.13. The zero-order valence-corrected chi connectivity index (χ0v) is 9.76. The first-order valence-corrected chi connectivity index (χ1v) is 6.37. The predicted octanol–water partition coefficient (Wildman–Crippen LogP) is 1.14. The van der Waals surface area contributed by atoms with E-state index in [1.54, 1.807) is 0 Å². The first-order chi connectivity index (χ1) is 7.90. The summed E-state index contributed by atoms with van der Waals surface area (Å²) in [5.41, 5.74) is 0. The van der Waals surface area contributed by atoms with Gasteiger partial charge in [0.15, 0.2) is 5.82 Å². The molecule has 0 radical (unpaired) electrons. The fraction of sp³-hybridized carbons (Fsp3) is 0.909. The number of aromatic nitrogens is 4. The highest BCUT2D eigenvalue weighted by Crippen LogP contribution is 2.51. The van der Waals surface area contributed by atoms with Gasteiger partial charge >= 0.3 is 0 Å². The van der Waals surface area contributed by atoms with Gasteiger partial charge in [0.25, 0.3) is 0 Å². The van der Waals surface area contributed by atoms with Crippen LogP contribution in [-0.4, -0.2) is 26.8 Å². The zero-order chi connectivity index (χ0) is 11.0. The van der Waals surface area contributed by atoms with Crippen molar-refractivity contribution in [1.82, 2.24) is 25.5 Å². The molecule has 0 aromatic carbocycles. The van der Waals surface area contributed by atoms with Crippen molar-refractivity contribution >= 4 is 0 Å². The van der Waals surface area contributed by atoms with Gasteiger partial charge in [-0.25, -0.2) is 4.68 Å². The number of nitrogens with zero attached hydrogens (tertiary/aromatic N) is 4. The monoisotopic (exact) mass is 221 g/mol. The van der Waals surface area contributed by atoms with Gasteiger partial charge in [0, 0.05) is 0 Å². The maximum atomic E-state index is 4.21. The summed E-state index contributed by atoms with van der Waals surface area (Å²) in [5.74, 6) is 2.69. The van der Waals surface area contributed by atoms with Gasteiger partial charge in [0.05, 0.1) is 12.6 Å². The summed E-state index contributed by atoms with van der Waals surface area (Å²) in [6, 6.07) is 0.587. The molecule has 2 aliphatic rings. The van der Waals surface area contributed by atoms with Gasteiger partial charge in [-0.3, -0.25) is 0 Å². The van der Waals surface area contributed by atoms with Crippen LogP contribution in [0.4, 0.5) is 0 Å². The summed E-state index contributed by atoms with van der Waals surface area (Å²) in [7, 11) is 0. The van der Waals surface area contributed by atoms with E-state index in [0.717, 1.165) is 30.7 Å². The van der Waals surface area contributed by atoms with Gasteiger partial charge in [-0.15, -0.1) is 5.10 Å². The van der Waals surface area contributed by atoms with Crippen LogP contribution < -0.4 is 5.32 Å². The highest BCUT2D eigenvalue weighted by molar-refractivity contribution is 4.98. The van der Waals surface area contributed by atoms with Crippen molar-refractivity contribution in [3.8, 4) is 0 Å². The molecule has 2 aliphatic carbocycles. The Bertz CT molecular complexity index is 341. The van der Waals surface area contributed by atoms with E-state index in [0.29, 0.717) is 6.04 Å². The molecule has 0 unspecified atom stereocenters. The predicted molar refractivity (Wildman–Crippen MR) is 59.7 cm³/mol. The first kappa shape index (κ1) is 10.2. The van der Waals surface area contributed by atoms with Crippen LogP contribution in [0, 0.1) is 11.8 Å². The SMILES string of the molecule is CCNCc1nnnn1C(C1CC1)C1CC1. The molecule has 2 saturated carbocycles. The topological polar surface area (TPSA) is 55.6 Å². The average Bonchev–Trinajstić information content (AvgIpc) is 3.18. The fourth-order valence-electron chi connectivity index (χ4n) is 2.46. The minimum Gasteiger partial charge on any atom is -0.310 e. The van der Waals surface area contributed by atoms with Crippen LogP contribution in [0.15, 0.2) is 0 Å². The summed E-state index contributed by atoms with van der Waals surface area (Å²) in [4.78, 5) is 0. The Balaban J connectivity index is 1.77. The van der Waals surface area contributed by atoms with Crippen LogP contribution >= 0.6 is 0 Å². The summed E-state index contributed by atoms with van der Waals surface area (Å²) in [6.45, 7) is 3.86. The molecule has 16 heavy (non-hydrogen) atoms. The lowest BCUT2D eigenvalue weighted by molar-refractivity contribution is 0.340. The smallest absolute Gasteiger partial charge is 0.165 e. The number of hydrogen-bond acceptors (Lipinski definition) is 4. The minimum atomic E-state index is 0.587. The molecule has 1 heterocycles. The number of hydrogen-bond donors (Lipinski definition) is 1. The van der Waals surface area contributed by atoms with E-state index in [1.165, 1.54) is 25.7 Å². The molecule has 2 fully saturated rings. The largest absolute Gasteiger partial charge is 0.310 e. The van der Waals surface area contributed by atoms with Gasteiger partial charge in [0.2, 0.25) is 0 Å². The molecule has 0 bridgehead atoms.